The highest BCUT2D eigenvalue weighted by Crippen LogP contribution is 2.32. The van der Waals surface area contributed by atoms with Gasteiger partial charge in [0.1, 0.15) is 5.75 Å². The summed E-state index contributed by atoms with van der Waals surface area (Å²) in [7, 11) is 0. The quantitative estimate of drug-likeness (QED) is 0.528. The Bertz CT molecular complexity index is 821. The molecule has 0 spiro atoms. The van der Waals surface area contributed by atoms with Gasteiger partial charge in [-0.3, -0.25) is 4.79 Å². The molecular formula is C19H21BrN2O4. The van der Waals surface area contributed by atoms with Crippen molar-refractivity contribution < 1.29 is 19.4 Å². The van der Waals surface area contributed by atoms with E-state index in [0.717, 1.165) is 15.6 Å². The zero-order chi connectivity index (χ0) is 19.1. The first-order chi connectivity index (χ1) is 12.4. The smallest absolute Gasteiger partial charge is 0.277 e. The predicted octanol–water partition coefficient (Wildman–Crippen LogP) is 3.70. The molecule has 7 heteroatoms. The van der Waals surface area contributed by atoms with Crippen LogP contribution in [0.1, 0.15) is 23.6 Å². The Morgan fingerprint density at radius 1 is 1.23 bits per heavy atom. The van der Waals surface area contributed by atoms with Crippen LogP contribution in [0.2, 0.25) is 0 Å². The van der Waals surface area contributed by atoms with Gasteiger partial charge in [0.15, 0.2) is 18.1 Å². The van der Waals surface area contributed by atoms with E-state index in [0.29, 0.717) is 23.7 Å². The van der Waals surface area contributed by atoms with Gasteiger partial charge in [-0.1, -0.05) is 33.6 Å². The molecule has 0 aliphatic rings. The predicted molar refractivity (Wildman–Crippen MR) is 104 cm³/mol. The minimum Gasteiger partial charge on any atom is -0.504 e. The van der Waals surface area contributed by atoms with E-state index in [1.165, 1.54) is 6.21 Å². The second-order valence-electron chi connectivity index (χ2n) is 5.63. The van der Waals surface area contributed by atoms with Gasteiger partial charge < -0.3 is 14.6 Å². The van der Waals surface area contributed by atoms with Gasteiger partial charge in [-0.2, -0.15) is 5.10 Å². The molecule has 0 atom stereocenters. The summed E-state index contributed by atoms with van der Waals surface area (Å²) in [4.78, 5) is 11.9. The van der Waals surface area contributed by atoms with E-state index in [4.69, 9.17) is 9.47 Å². The Hall–Kier alpha value is -2.54. The van der Waals surface area contributed by atoms with Crippen molar-refractivity contribution in [2.24, 2.45) is 5.10 Å². The lowest BCUT2D eigenvalue weighted by atomic mass is 10.1. The number of phenolic OH excluding ortho intramolecular Hbond substituents is 1. The summed E-state index contributed by atoms with van der Waals surface area (Å²) in [5.41, 5.74) is 4.87. The van der Waals surface area contributed by atoms with Crippen LogP contribution in [-0.4, -0.2) is 30.4 Å². The molecule has 0 saturated heterocycles. The zero-order valence-electron chi connectivity index (χ0n) is 14.9. The number of hydrogen-bond donors (Lipinski definition) is 2. The van der Waals surface area contributed by atoms with Gasteiger partial charge >= 0.3 is 0 Å². The maximum atomic E-state index is 11.9. The van der Waals surface area contributed by atoms with Crippen molar-refractivity contribution in [2.45, 2.75) is 20.8 Å². The molecule has 0 aromatic heterocycles. The largest absolute Gasteiger partial charge is 0.504 e. The number of carbonyl (C=O) groups is 1. The molecule has 0 unspecified atom stereocenters. The molecule has 2 aromatic carbocycles. The average molecular weight is 421 g/mol. The second-order valence-corrected chi connectivity index (χ2v) is 6.54. The van der Waals surface area contributed by atoms with Crippen LogP contribution >= 0.6 is 15.9 Å². The van der Waals surface area contributed by atoms with E-state index in [2.05, 4.69) is 26.5 Å². The van der Waals surface area contributed by atoms with Crippen LogP contribution in [0, 0.1) is 13.8 Å². The van der Waals surface area contributed by atoms with Crippen molar-refractivity contribution in [3.63, 3.8) is 0 Å². The number of phenols is 1. The second kappa shape index (κ2) is 9.24. The number of hydrazone groups is 1. The number of ether oxygens (including phenoxy) is 2. The van der Waals surface area contributed by atoms with Crippen LogP contribution in [0.5, 0.6) is 17.2 Å². The Morgan fingerprint density at radius 2 is 2.00 bits per heavy atom. The van der Waals surface area contributed by atoms with Crippen molar-refractivity contribution in [3.8, 4) is 17.2 Å². The van der Waals surface area contributed by atoms with Gasteiger partial charge in [-0.05, 0) is 44.5 Å². The number of halogens is 1. The number of nitrogens with zero attached hydrogens (tertiary/aromatic N) is 1. The summed E-state index contributed by atoms with van der Waals surface area (Å²) in [6.45, 7) is 6.00. The standard InChI is InChI=1S/C19H21BrN2O4/c1-4-25-17-9-15(20)8-14(19(17)24)10-21-22-18(23)11-26-16-6-5-12(2)7-13(16)3/h5-10,24H,4,11H2,1-3H3,(H,22,23)/b21-10+. The minimum absolute atomic E-state index is 0.0421. The van der Waals surface area contributed by atoms with E-state index in [1.54, 1.807) is 12.1 Å². The number of aryl methyl sites for hydroxylation is 2. The summed E-state index contributed by atoms with van der Waals surface area (Å²) in [6.07, 6.45) is 1.34. The van der Waals surface area contributed by atoms with Crippen molar-refractivity contribution in [1.82, 2.24) is 5.43 Å². The molecule has 0 saturated carbocycles. The highest BCUT2D eigenvalue weighted by molar-refractivity contribution is 9.10. The van der Waals surface area contributed by atoms with Gasteiger partial charge in [0, 0.05) is 10.0 Å². The van der Waals surface area contributed by atoms with E-state index >= 15 is 0 Å². The van der Waals surface area contributed by atoms with Crippen LogP contribution in [0.3, 0.4) is 0 Å². The molecule has 0 bridgehead atoms. The lowest BCUT2D eigenvalue weighted by Gasteiger charge is -2.09. The molecule has 26 heavy (non-hydrogen) atoms. The third-order valence-electron chi connectivity index (χ3n) is 3.45. The summed E-state index contributed by atoms with van der Waals surface area (Å²) in [5.74, 6) is 0.550. The average Bonchev–Trinajstić information content (AvgIpc) is 2.58. The zero-order valence-corrected chi connectivity index (χ0v) is 16.5. The van der Waals surface area contributed by atoms with Gasteiger partial charge in [-0.15, -0.1) is 0 Å². The molecular weight excluding hydrogens is 400 g/mol. The summed E-state index contributed by atoms with van der Waals surface area (Å²) in [6, 6.07) is 9.06. The van der Waals surface area contributed by atoms with E-state index in [1.807, 2.05) is 39.0 Å². The van der Waals surface area contributed by atoms with E-state index < -0.39 is 5.91 Å². The summed E-state index contributed by atoms with van der Waals surface area (Å²) < 4.78 is 11.6. The monoisotopic (exact) mass is 420 g/mol. The van der Waals surface area contributed by atoms with Crippen LogP contribution in [0.4, 0.5) is 0 Å². The molecule has 138 valence electrons. The molecule has 0 fully saturated rings. The fourth-order valence-corrected chi connectivity index (χ4v) is 2.72. The Morgan fingerprint density at radius 3 is 2.69 bits per heavy atom. The summed E-state index contributed by atoms with van der Waals surface area (Å²) in [5, 5.41) is 14.0. The molecule has 0 aliphatic carbocycles. The minimum atomic E-state index is -0.402. The Kier molecular flexibility index (Phi) is 7.03. The molecule has 0 heterocycles. The SMILES string of the molecule is CCOc1cc(Br)cc(/C=N/NC(=O)COc2ccc(C)cc2C)c1O. The first kappa shape index (κ1) is 19.8. The van der Waals surface area contributed by atoms with Crippen molar-refractivity contribution >= 4 is 28.1 Å². The fraction of sp³-hybridized carbons (Fsp3) is 0.263. The number of rotatable bonds is 7. The van der Waals surface area contributed by atoms with Gasteiger partial charge in [0.05, 0.1) is 12.8 Å². The number of carbonyl (C=O) groups excluding carboxylic acids is 1. The summed E-state index contributed by atoms with van der Waals surface area (Å²) >= 11 is 3.34. The highest BCUT2D eigenvalue weighted by atomic mass is 79.9. The van der Waals surface area contributed by atoms with E-state index in [9.17, 15) is 9.90 Å². The third-order valence-corrected chi connectivity index (χ3v) is 3.91. The van der Waals surface area contributed by atoms with Crippen LogP contribution in [0.25, 0.3) is 0 Å². The van der Waals surface area contributed by atoms with Crippen molar-refractivity contribution in [1.29, 1.82) is 0 Å². The number of benzene rings is 2. The first-order valence-electron chi connectivity index (χ1n) is 8.08. The highest BCUT2D eigenvalue weighted by Gasteiger charge is 2.09. The number of nitrogens with one attached hydrogen (secondary N) is 1. The van der Waals surface area contributed by atoms with Crippen LogP contribution < -0.4 is 14.9 Å². The van der Waals surface area contributed by atoms with Gasteiger partial charge in [0.25, 0.3) is 5.91 Å². The van der Waals surface area contributed by atoms with Gasteiger partial charge in [-0.25, -0.2) is 5.43 Å². The lowest BCUT2D eigenvalue weighted by Crippen LogP contribution is -2.24. The topological polar surface area (TPSA) is 80.2 Å². The third kappa shape index (κ3) is 5.49. The maximum absolute atomic E-state index is 11.9. The number of aromatic hydroxyl groups is 1. The van der Waals surface area contributed by atoms with Crippen molar-refractivity contribution in [2.75, 3.05) is 13.2 Å². The number of hydrogen-bond acceptors (Lipinski definition) is 5. The normalized spacial score (nSPS) is 10.8. The molecule has 2 aromatic rings. The maximum Gasteiger partial charge on any atom is 0.277 e. The lowest BCUT2D eigenvalue weighted by molar-refractivity contribution is -0.123. The Labute approximate surface area is 161 Å². The molecule has 0 aliphatic heterocycles. The molecule has 2 rings (SSSR count). The number of amides is 1. The molecule has 2 N–H and O–H groups in total. The van der Waals surface area contributed by atoms with E-state index in [-0.39, 0.29) is 12.4 Å². The van der Waals surface area contributed by atoms with Crippen molar-refractivity contribution in [3.05, 3.63) is 51.5 Å². The Balaban J connectivity index is 1.94. The first-order valence-corrected chi connectivity index (χ1v) is 8.87. The van der Waals surface area contributed by atoms with Gasteiger partial charge in [0.2, 0.25) is 0 Å². The molecule has 0 radical (unpaired) electrons. The van der Waals surface area contributed by atoms with Crippen LogP contribution in [-0.2, 0) is 4.79 Å². The fourth-order valence-electron chi connectivity index (χ4n) is 2.27. The molecule has 1 amide bonds. The molecule has 6 nitrogen and oxygen atoms in total. The van der Waals surface area contributed by atoms with Crippen LogP contribution in [0.15, 0.2) is 39.9 Å².